The number of rotatable bonds is 6. The molecule has 3 amide bonds. The van der Waals surface area contributed by atoms with E-state index in [0.29, 0.717) is 17.8 Å². The predicted molar refractivity (Wildman–Crippen MR) is 119 cm³/mol. The first kappa shape index (κ1) is 23.4. The van der Waals surface area contributed by atoms with Crippen molar-refractivity contribution in [1.82, 2.24) is 5.32 Å². The van der Waals surface area contributed by atoms with Crippen LogP contribution in [0.15, 0.2) is 42.5 Å². The van der Waals surface area contributed by atoms with Crippen LogP contribution in [0.4, 0.5) is 35.0 Å². The SMILES string of the molecule is CC(C)CNC(=O)c1cc(NC(=O)Nc2cccc(C(F)(F)F)c2)ccc1N1CCCC1. The van der Waals surface area contributed by atoms with Crippen molar-refractivity contribution in [3.8, 4) is 0 Å². The summed E-state index contributed by atoms with van der Waals surface area (Å²) in [7, 11) is 0. The maximum atomic E-state index is 12.9. The second-order valence-corrected chi connectivity index (χ2v) is 8.19. The van der Waals surface area contributed by atoms with Gasteiger partial charge in [-0.3, -0.25) is 4.79 Å². The number of hydrogen-bond acceptors (Lipinski definition) is 3. The molecular formula is C23H27F3N4O2. The minimum Gasteiger partial charge on any atom is -0.371 e. The van der Waals surface area contributed by atoms with Crippen LogP contribution in [0.2, 0.25) is 0 Å². The fourth-order valence-electron chi connectivity index (χ4n) is 3.49. The molecule has 1 saturated heterocycles. The molecule has 6 nitrogen and oxygen atoms in total. The Morgan fingerprint density at radius 2 is 1.66 bits per heavy atom. The number of urea groups is 1. The number of carbonyl (C=O) groups excluding carboxylic acids is 2. The third-order valence-electron chi connectivity index (χ3n) is 5.06. The molecule has 1 heterocycles. The Hall–Kier alpha value is -3.23. The Morgan fingerprint density at radius 1 is 1.00 bits per heavy atom. The molecule has 2 aromatic rings. The van der Waals surface area contributed by atoms with Crippen LogP contribution in [-0.2, 0) is 6.18 Å². The molecule has 0 aliphatic carbocycles. The molecule has 0 atom stereocenters. The molecule has 0 spiro atoms. The molecule has 0 bridgehead atoms. The van der Waals surface area contributed by atoms with Gasteiger partial charge < -0.3 is 20.9 Å². The van der Waals surface area contributed by atoms with E-state index in [2.05, 4.69) is 20.9 Å². The first-order valence-corrected chi connectivity index (χ1v) is 10.6. The number of nitrogens with one attached hydrogen (secondary N) is 3. The number of nitrogens with zero attached hydrogens (tertiary/aromatic N) is 1. The molecule has 3 N–H and O–H groups in total. The van der Waals surface area contributed by atoms with Crippen molar-refractivity contribution in [3.05, 3.63) is 53.6 Å². The van der Waals surface area contributed by atoms with Crippen molar-refractivity contribution in [2.45, 2.75) is 32.9 Å². The molecule has 1 aliphatic rings. The lowest BCUT2D eigenvalue weighted by atomic mass is 10.1. The van der Waals surface area contributed by atoms with Crippen molar-refractivity contribution in [2.24, 2.45) is 5.92 Å². The van der Waals surface area contributed by atoms with Gasteiger partial charge in [0.25, 0.3) is 5.91 Å². The molecule has 9 heteroatoms. The largest absolute Gasteiger partial charge is 0.416 e. The summed E-state index contributed by atoms with van der Waals surface area (Å²) < 4.78 is 38.6. The van der Waals surface area contributed by atoms with Gasteiger partial charge in [-0.1, -0.05) is 19.9 Å². The van der Waals surface area contributed by atoms with Gasteiger partial charge in [0.1, 0.15) is 0 Å². The fourth-order valence-corrected chi connectivity index (χ4v) is 3.49. The van der Waals surface area contributed by atoms with Gasteiger partial charge in [0.05, 0.1) is 11.1 Å². The Morgan fingerprint density at radius 3 is 2.28 bits per heavy atom. The second kappa shape index (κ2) is 9.93. The van der Waals surface area contributed by atoms with Crippen molar-refractivity contribution in [3.63, 3.8) is 0 Å². The standard InChI is InChI=1S/C23H27F3N4O2/c1-15(2)14-27-21(31)19-13-18(8-9-20(19)30-10-3-4-11-30)29-22(32)28-17-7-5-6-16(12-17)23(24,25)26/h5-9,12-13,15H,3-4,10-11,14H2,1-2H3,(H,27,31)(H2,28,29,32). The van der Waals surface area contributed by atoms with Crippen molar-refractivity contribution < 1.29 is 22.8 Å². The Kier molecular flexibility index (Phi) is 7.27. The third-order valence-corrected chi connectivity index (χ3v) is 5.06. The first-order chi connectivity index (χ1) is 15.1. The minimum atomic E-state index is -4.50. The van der Waals surface area contributed by atoms with E-state index in [1.165, 1.54) is 12.1 Å². The van der Waals surface area contributed by atoms with E-state index in [1.807, 2.05) is 13.8 Å². The van der Waals surface area contributed by atoms with E-state index in [9.17, 15) is 22.8 Å². The van der Waals surface area contributed by atoms with E-state index < -0.39 is 17.8 Å². The highest BCUT2D eigenvalue weighted by atomic mass is 19.4. The fraction of sp³-hybridized carbons (Fsp3) is 0.391. The van der Waals surface area contributed by atoms with E-state index in [-0.39, 0.29) is 17.5 Å². The number of hydrogen-bond donors (Lipinski definition) is 3. The van der Waals surface area contributed by atoms with Crippen LogP contribution in [0.3, 0.4) is 0 Å². The van der Waals surface area contributed by atoms with Crippen molar-refractivity contribution in [1.29, 1.82) is 0 Å². The molecule has 0 saturated carbocycles. The molecule has 0 aromatic heterocycles. The molecule has 0 radical (unpaired) electrons. The average molecular weight is 448 g/mol. The summed E-state index contributed by atoms with van der Waals surface area (Å²) in [6.07, 6.45) is -2.41. The molecule has 0 unspecified atom stereocenters. The molecule has 172 valence electrons. The van der Waals surface area contributed by atoms with E-state index >= 15 is 0 Å². The Balaban J connectivity index is 1.76. The topological polar surface area (TPSA) is 73.5 Å². The van der Waals surface area contributed by atoms with E-state index in [0.717, 1.165) is 43.8 Å². The normalized spacial score (nSPS) is 13.9. The summed E-state index contributed by atoms with van der Waals surface area (Å²) in [4.78, 5) is 27.3. The van der Waals surface area contributed by atoms with Crippen LogP contribution in [0.5, 0.6) is 0 Å². The number of amides is 3. The maximum Gasteiger partial charge on any atom is 0.416 e. The van der Waals surface area contributed by atoms with Gasteiger partial charge >= 0.3 is 12.2 Å². The monoisotopic (exact) mass is 448 g/mol. The quantitative estimate of drug-likeness (QED) is 0.559. The molecule has 1 aliphatic heterocycles. The summed E-state index contributed by atoms with van der Waals surface area (Å²) in [6, 6.07) is 8.75. The zero-order valence-electron chi connectivity index (χ0n) is 18.1. The van der Waals surface area contributed by atoms with Gasteiger partial charge in [0, 0.05) is 36.7 Å². The lowest BCUT2D eigenvalue weighted by molar-refractivity contribution is -0.137. The van der Waals surface area contributed by atoms with Crippen LogP contribution in [0.1, 0.15) is 42.6 Å². The first-order valence-electron chi connectivity index (χ1n) is 10.6. The zero-order chi connectivity index (χ0) is 23.3. The minimum absolute atomic E-state index is 0.0147. The van der Waals surface area contributed by atoms with Gasteiger partial charge in [-0.25, -0.2) is 4.79 Å². The number of alkyl halides is 3. The third kappa shape index (κ3) is 6.15. The highest BCUT2D eigenvalue weighted by Gasteiger charge is 2.30. The Labute approximate surface area is 185 Å². The molecular weight excluding hydrogens is 421 g/mol. The van der Waals surface area contributed by atoms with Crippen molar-refractivity contribution in [2.75, 3.05) is 35.2 Å². The number of carbonyl (C=O) groups is 2. The summed E-state index contributed by atoms with van der Waals surface area (Å²) >= 11 is 0. The highest BCUT2D eigenvalue weighted by Crippen LogP contribution is 2.31. The van der Waals surface area contributed by atoms with Crippen LogP contribution in [0, 0.1) is 5.92 Å². The van der Waals surface area contributed by atoms with Gasteiger partial charge in [-0.2, -0.15) is 13.2 Å². The average Bonchev–Trinajstić information content (AvgIpc) is 3.26. The molecule has 1 fully saturated rings. The van der Waals surface area contributed by atoms with E-state index in [1.54, 1.807) is 18.2 Å². The lowest BCUT2D eigenvalue weighted by Crippen LogP contribution is -2.30. The van der Waals surface area contributed by atoms with Gasteiger partial charge in [-0.15, -0.1) is 0 Å². The van der Waals surface area contributed by atoms with Crippen LogP contribution in [0.25, 0.3) is 0 Å². The lowest BCUT2D eigenvalue weighted by Gasteiger charge is -2.22. The molecule has 32 heavy (non-hydrogen) atoms. The summed E-state index contributed by atoms with van der Waals surface area (Å²) in [5.74, 6) is 0.0521. The number of benzene rings is 2. The van der Waals surface area contributed by atoms with Crippen LogP contribution >= 0.6 is 0 Å². The highest BCUT2D eigenvalue weighted by molar-refractivity contribution is 6.04. The van der Waals surface area contributed by atoms with Gasteiger partial charge in [0.15, 0.2) is 0 Å². The predicted octanol–water partition coefficient (Wildman–Crippen LogP) is 5.34. The summed E-state index contributed by atoms with van der Waals surface area (Å²) in [5.41, 5.74) is 0.777. The smallest absolute Gasteiger partial charge is 0.371 e. The summed E-state index contributed by atoms with van der Waals surface area (Å²) in [5, 5.41) is 7.90. The van der Waals surface area contributed by atoms with Gasteiger partial charge in [0.2, 0.25) is 0 Å². The van der Waals surface area contributed by atoms with Crippen LogP contribution < -0.4 is 20.9 Å². The van der Waals surface area contributed by atoms with E-state index in [4.69, 9.17) is 0 Å². The Bertz CT molecular complexity index is 970. The van der Waals surface area contributed by atoms with Crippen molar-refractivity contribution >= 4 is 29.0 Å². The van der Waals surface area contributed by atoms with Gasteiger partial charge in [-0.05, 0) is 55.2 Å². The molecule has 2 aromatic carbocycles. The number of anilines is 3. The number of halogens is 3. The second-order valence-electron chi connectivity index (χ2n) is 8.19. The zero-order valence-corrected chi connectivity index (χ0v) is 18.1. The molecule has 3 rings (SSSR count). The summed E-state index contributed by atoms with van der Waals surface area (Å²) in [6.45, 7) is 6.22. The van der Waals surface area contributed by atoms with Crippen LogP contribution in [-0.4, -0.2) is 31.6 Å². The maximum absolute atomic E-state index is 12.9.